The van der Waals surface area contributed by atoms with E-state index in [0.717, 1.165) is 16.6 Å². The number of ether oxygens (including phenoxy) is 2. The van der Waals surface area contributed by atoms with Crippen LogP contribution < -0.4 is 20.1 Å². The number of rotatable bonds is 8. The summed E-state index contributed by atoms with van der Waals surface area (Å²) >= 11 is 3.49. The van der Waals surface area contributed by atoms with Gasteiger partial charge in [-0.2, -0.15) is 0 Å². The molecule has 1 amide bonds. The molecule has 1 atom stereocenters. The van der Waals surface area contributed by atoms with Crippen LogP contribution in [0.4, 0.5) is 0 Å². The minimum atomic E-state index is -0.587. The fraction of sp³-hybridized carbons (Fsp3) is 0.533. The summed E-state index contributed by atoms with van der Waals surface area (Å²) in [6, 6.07) is 3.88. The molecule has 1 unspecified atom stereocenters. The van der Waals surface area contributed by atoms with Crippen molar-refractivity contribution in [1.29, 1.82) is 0 Å². The highest BCUT2D eigenvalue weighted by Gasteiger charge is 2.19. The zero-order valence-corrected chi connectivity index (χ0v) is 14.5. The van der Waals surface area contributed by atoms with E-state index < -0.39 is 6.10 Å². The van der Waals surface area contributed by atoms with E-state index in [9.17, 15) is 4.79 Å². The van der Waals surface area contributed by atoms with Crippen LogP contribution in [0.25, 0.3) is 0 Å². The summed E-state index contributed by atoms with van der Waals surface area (Å²) < 4.78 is 12.2. The first-order valence-corrected chi connectivity index (χ1v) is 7.86. The number of hydrogen-bond acceptors (Lipinski definition) is 4. The number of likely N-dealkylation sites (N-methyl/N-ethyl adjacent to an activating group) is 1. The molecule has 6 heteroatoms. The number of hydrogen-bond donors (Lipinski definition) is 2. The van der Waals surface area contributed by atoms with Crippen LogP contribution >= 0.6 is 15.9 Å². The minimum Gasteiger partial charge on any atom is -0.490 e. The Kier molecular flexibility index (Phi) is 7.53. The van der Waals surface area contributed by atoms with Gasteiger partial charge in [-0.05, 0) is 61.4 Å². The van der Waals surface area contributed by atoms with Crippen LogP contribution in [0.1, 0.15) is 26.3 Å². The molecule has 0 bridgehead atoms. The average Bonchev–Trinajstić information content (AvgIpc) is 2.43. The second-order valence-corrected chi connectivity index (χ2v) is 5.38. The number of nitrogens with one attached hydrogen (secondary N) is 2. The topological polar surface area (TPSA) is 59.6 Å². The lowest BCUT2D eigenvalue weighted by molar-refractivity contribution is -0.127. The Bertz CT molecular complexity index is 480. The van der Waals surface area contributed by atoms with Crippen molar-refractivity contribution in [2.24, 2.45) is 0 Å². The predicted molar refractivity (Wildman–Crippen MR) is 86.8 cm³/mol. The number of carbonyl (C=O) groups is 1. The van der Waals surface area contributed by atoms with Crippen molar-refractivity contribution in [2.75, 3.05) is 20.2 Å². The second-order valence-electron chi connectivity index (χ2n) is 4.52. The SMILES string of the molecule is CCNC(=O)C(C)Oc1c(Br)cc(CNC)cc1OCC. The monoisotopic (exact) mass is 358 g/mol. The summed E-state index contributed by atoms with van der Waals surface area (Å²) in [7, 11) is 1.88. The third-order valence-corrected chi connectivity index (χ3v) is 3.35. The van der Waals surface area contributed by atoms with E-state index in [-0.39, 0.29) is 5.91 Å². The van der Waals surface area contributed by atoms with Gasteiger partial charge in [0.1, 0.15) is 0 Å². The quantitative estimate of drug-likeness (QED) is 0.749. The van der Waals surface area contributed by atoms with Gasteiger partial charge in [-0.1, -0.05) is 0 Å². The van der Waals surface area contributed by atoms with Crippen molar-refractivity contribution in [1.82, 2.24) is 10.6 Å². The van der Waals surface area contributed by atoms with Gasteiger partial charge in [-0.15, -0.1) is 0 Å². The van der Waals surface area contributed by atoms with Crippen LogP contribution in [0, 0.1) is 0 Å². The first-order valence-electron chi connectivity index (χ1n) is 7.07. The predicted octanol–water partition coefficient (Wildman–Crippen LogP) is 2.47. The molecule has 0 aromatic heterocycles. The third-order valence-electron chi connectivity index (χ3n) is 2.76. The molecule has 0 spiro atoms. The average molecular weight is 359 g/mol. The lowest BCUT2D eigenvalue weighted by Crippen LogP contribution is -2.36. The molecule has 1 aromatic rings. The van der Waals surface area contributed by atoms with Crippen LogP contribution in [0.2, 0.25) is 0 Å². The number of carbonyl (C=O) groups excluding carboxylic acids is 1. The van der Waals surface area contributed by atoms with Gasteiger partial charge >= 0.3 is 0 Å². The number of amides is 1. The summed E-state index contributed by atoms with van der Waals surface area (Å²) in [4.78, 5) is 11.8. The Morgan fingerprint density at radius 3 is 2.67 bits per heavy atom. The van der Waals surface area contributed by atoms with E-state index in [1.807, 2.05) is 33.0 Å². The van der Waals surface area contributed by atoms with Gasteiger partial charge in [0.05, 0.1) is 11.1 Å². The molecular formula is C15H23BrN2O3. The van der Waals surface area contributed by atoms with Crippen molar-refractivity contribution in [3.05, 3.63) is 22.2 Å². The first kappa shape index (κ1) is 17.8. The summed E-state index contributed by atoms with van der Waals surface area (Å²) in [5.41, 5.74) is 1.07. The summed E-state index contributed by atoms with van der Waals surface area (Å²) in [6.45, 7) is 7.34. The van der Waals surface area contributed by atoms with E-state index in [4.69, 9.17) is 9.47 Å². The van der Waals surface area contributed by atoms with Crippen LogP contribution in [-0.2, 0) is 11.3 Å². The lowest BCUT2D eigenvalue weighted by atomic mass is 10.2. The molecule has 1 aromatic carbocycles. The van der Waals surface area contributed by atoms with Gasteiger partial charge in [0.15, 0.2) is 17.6 Å². The molecule has 0 aliphatic carbocycles. The van der Waals surface area contributed by atoms with E-state index >= 15 is 0 Å². The Balaban J connectivity index is 3.01. The zero-order chi connectivity index (χ0) is 15.8. The number of halogens is 1. The maximum Gasteiger partial charge on any atom is 0.260 e. The van der Waals surface area contributed by atoms with Crippen molar-refractivity contribution in [3.8, 4) is 11.5 Å². The first-order chi connectivity index (χ1) is 10.0. The molecule has 5 nitrogen and oxygen atoms in total. The molecule has 21 heavy (non-hydrogen) atoms. The van der Waals surface area contributed by atoms with Crippen LogP contribution in [0.15, 0.2) is 16.6 Å². The lowest BCUT2D eigenvalue weighted by Gasteiger charge is -2.19. The van der Waals surface area contributed by atoms with Gasteiger partial charge in [0, 0.05) is 13.1 Å². The zero-order valence-electron chi connectivity index (χ0n) is 13.0. The highest BCUT2D eigenvalue weighted by atomic mass is 79.9. The van der Waals surface area contributed by atoms with Crippen molar-refractivity contribution < 1.29 is 14.3 Å². The number of benzene rings is 1. The maximum absolute atomic E-state index is 11.8. The molecule has 0 heterocycles. The fourth-order valence-corrected chi connectivity index (χ4v) is 2.44. The fourth-order valence-electron chi connectivity index (χ4n) is 1.85. The third kappa shape index (κ3) is 5.21. The summed E-state index contributed by atoms with van der Waals surface area (Å²) in [5.74, 6) is 1.04. The largest absolute Gasteiger partial charge is 0.490 e. The molecule has 118 valence electrons. The molecule has 0 aliphatic rings. The van der Waals surface area contributed by atoms with Crippen molar-refractivity contribution in [3.63, 3.8) is 0 Å². The Morgan fingerprint density at radius 2 is 2.10 bits per heavy atom. The van der Waals surface area contributed by atoms with E-state index in [1.165, 1.54) is 0 Å². The van der Waals surface area contributed by atoms with Crippen LogP contribution in [0.3, 0.4) is 0 Å². The van der Waals surface area contributed by atoms with Gasteiger partial charge < -0.3 is 20.1 Å². The van der Waals surface area contributed by atoms with Crippen LogP contribution in [0.5, 0.6) is 11.5 Å². The van der Waals surface area contributed by atoms with Crippen LogP contribution in [-0.4, -0.2) is 32.2 Å². The second kappa shape index (κ2) is 8.89. The maximum atomic E-state index is 11.8. The Labute approximate surface area is 134 Å². The summed E-state index contributed by atoms with van der Waals surface area (Å²) in [5, 5.41) is 5.83. The molecule has 0 aliphatic heterocycles. The van der Waals surface area contributed by atoms with Gasteiger partial charge in [0.2, 0.25) is 0 Å². The molecular weight excluding hydrogens is 336 g/mol. The van der Waals surface area contributed by atoms with Gasteiger partial charge in [0.25, 0.3) is 5.91 Å². The molecule has 1 rings (SSSR count). The van der Waals surface area contributed by atoms with Gasteiger partial charge in [-0.3, -0.25) is 4.79 Å². The van der Waals surface area contributed by atoms with E-state index in [1.54, 1.807) is 6.92 Å². The molecule has 0 saturated heterocycles. The smallest absolute Gasteiger partial charge is 0.260 e. The van der Waals surface area contributed by atoms with E-state index in [0.29, 0.717) is 24.7 Å². The molecule has 2 N–H and O–H groups in total. The Morgan fingerprint density at radius 1 is 1.38 bits per heavy atom. The Hall–Kier alpha value is -1.27. The normalized spacial score (nSPS) is 11.9. The highest BCUT2D eigenvalue weighted by molar-refractivity contribution is 9.10. The summed E-state index contributed by atoms with van der Waals surface area (Å²) in [6.07, 6.45) is -0.587. The van der Waals surface area contributed by atoms with Crippen molar-refractivity contribution >= 4 is 21.8 Å². The highest BCUT2D eigenvalue weighted by Crippen LogP contribution is 2.37. The molecule has 0 radical (unpaired) electrons. The van der Waals surface area contributed by atoms with Gasteiger partial charge in [-0.25, -0.2) is 0 Å². The molecule has 0 saturated carbocycles. The molecule has 0 fully saturated rings. The van der Waals surface area contributed by atoms with Crippen molar-refractivity contribution in [2.45, 2.75) is 33.4 Å². The van der Waals surface area contributed by atoms with E-state index in [2.05, 4.69) is 26.6 Å². The minimum absolute atomic E-state index is 0.147. The standard InChI is InChI=1S/C15H23BrN2O3/c1-5-18-15(19)10(3)21-14-12(16)7-11(9-17-4)8-13(14)20-6-2/h7-8,10,17H,5-6,9H2,1-4H3,(H,18,19).